The number of anilines is 1. The minimum atomic E-state index is -2.15. The molecule has 2 atom stereocenters. The zero-order valence-electron chi connectivity index (χ0n) is 18.9. The fourth-order valence-electron chi connectivity index (χ4n) is 3.19. The van der Waals surface area contributed by atoms with E-state index in [1.54, 1.807) is 24.3 Å². The van der Waals surface area contributed by atoms with Gasteiger partial charge in [0.25, 0.3) is 5.91 Å². The van der Waals surface area contributed by atoms with Crippen molar-refractivity contribution in [2.45, 2.75) is 25.6 Å². The molecule has 0 aliphatic rings. The summed E-state index contributed by atoms with van der Waals surface area (Å²) in [5.41, 5.74) is 1.16. The molecule has 0 bridgehead atoms. The number of aryl methyl sites for hydroxylation is 1. The number of halogens is 2. The first-order valence-electron chi connectivity index (χ1n) is 10.7. The number of benzene rings is 3. The lowest BCUT2D eigenvalue weighted by Crippen LogP contribution is -2.48. The van der Waals surface area contributed by atoms with Gasteiger partial charge in [-0.05, 0) is 66.6 Å². The quantitative estimate of drug-likeness (QED) is 0.373. The summed E-state index contributed by atoms with van der Waals surface area (Å²) in [5.74, 6) is -4.74. The van der Waals surface area contributed by atoms with E-state index in [4.69, 9.17) is 32.7 Å². The van der Waals surface area contributed by atoms with Gasteiger partial charge in [0.2, 0.25) is 12.2 Å². The maximum absolute atomic E-state index is 13.2. The van der Waals surface area contributed by atoms with Crippen LogP contribution in [0.5, 0.6) is 0 Å². The molecule has 10 heteroatoms. The van der Waals surface area contributed by atoms with Gasteiger partial charge in [-0.2, -0.15) is 0 Å². The number of hydrogen-bond acceptors (Lipinski definition) is 6. The maximum atomic E-state index is 13.2. The van der Waals surface area contributed by atoms with E-state index in [-0.39, 0.29) is 11.1 Å². The number of amides is 1. The predicted octanol–water partition coefficient (Wildman–Crippen LogP) is 5.03. The second-order valence-electron chi connectivity index (χ2n) is 7.50. The van der Waals surface area contributed by atoms with Crippen LogP contribution in [0.4, 0.5) is 5.69 Å². The number of carbonyl (C=O) groups excluding carboxylic acids is 3. The smallest absolute Gasteiger partial charge is 0.349 e. The lowest BCUT2D eigenvalue weighted by Gasteiger charge is -2.24. The zero-order valence-corrected chi connectivity index (χ0v) is 20.5. The van der Waals surface area contributed by atoms with E-state index < -0.39 is 36.0 Å². The molecule has 0 aliphatic heterocycles. The summed E-state index contributed by atoms with van der Waals surface area (Å²) >= 11 is 11.7. The highest BCUT2D eigenvalue weighted by Gasteiger charge is 2.41. The molecule has 8 nitrogen and oxygen atoms in total. The number of carboxylic acid groups (broad SMARTS) is 1. The van der Waals surface area contributed by atoms with Crippen molar-refractivity contribution in [2.75, 3.05) is 5.32 Å². The molecule has 0 saturated carbocycles. The molecule has 0 radical (unpaired) electrons. The number of rotatable bonds is 9. The van der Waals surface area contributed by atoms with Crippen molar-refractivity contribution in [1.29, 1.82) is 0 Å². The number of carboxylic acids is 1. The Bertz CT molecular complexity index is 1260. The molecule has 0 spiro atoms. The van der Waals surface area contributed by atoms with Crippen LogP contribution in [0.1, 0.15) is 33.2 Å². The molecule has 3 aromatic carbocycles. The van der Waals surface area contributed by atoms with Gasteiger partial charge in [-0.15, -0.1) is 0 Å². The second-order valence-corrected chi connectivity index (χ2v) is 8.38. The van der Waals surface area contributed by atoms with E-state index in [0.29, 0.717) is 22.2 Å². The molecule has 0 heterocycles. The standard InChI is InChI=1S/C26H21Cl2NO7/c1-2-15-5-3-4-6-20(15)29-23(30)21(35-25(33)16-7-11-18(27)12-8-16)22(24(31)32)36-26(34)17-9-13-19(28)14-10-17/h3-14,21-22H,2H2,1H3,(H,29,30)(H,31,32)/t21-,22+/m1/s1. The van der Waals surface area contributed by atoms with Crippen LogP contribution in [0.25, 0.3) is 0 Å². The fourth-order valence-corrected chi connectivity index (χ4v) is 3.44. The van der Waals surface area contributed by atoms with Gasteiger partial charge < -0.3 is 19.9 Å². The highest BCUT2D eigenvalue weighted by atomic mass is 35.5. The molecule has 36 heavy (non-hydrogen) atoms. The van der Waals surface area contributed by atoms with Crippen LogP contribution in [0.2, 0.25) is 10.0 Å². The van der Waals surface area contributed by atoms with Gasteiger partial charge in [0.1, 0.15) is 0 Å². The van der Waals surface area contributed by atoms with Crippen LogP contribution in [0, 0.1) is 0 Å². The third-order valence-corrected chi connectivity index (χ3v) is 5.56. The van der Waals surface area contributed by atoms with Crippen LogP contribution in [-0.2, 0) is 25.5 Å². The van der Waals surface area contributed by atoms with E-state index in [9.17, 15) is 24.3 Å². The predicted molar refractivity (Wildman–Crippen MR) is 133 cm³/mol. The molecule has 0 saturated heterocycles. The summed E-state index contributed by atoms with van der Waals surface area (Å²) in [7, 11) is 0. The van der Waals surface area contributed by atoms with E-state index in [0.717, 1.165) is 5.56 Å². The Morgan fingerprint density at radius 3 is 1.72 bits per heavy atom. The van der Waals surface area contributed by atoms with E-state index in [1.807, 2.05) is 6.92 Å². The van der Waals surface area contributed by atoms with Crippen molar-refractivity contribution in [3.05, 3.63) is 99.5 Å². The van der Waals surface area contributed by atoms with Crippen molar-refractivity contribution < 1.29 is 33.8 Å². The molecule has 2 N–H and O–H groups in total. The largest absolute Gasteiger partial charge is 0.478 e. The molecule has 0 aromatic heterocycles. The van der Waals surface area contributed by atoms with Gasteiger partial charge in [0, 0.05) is 15.7 Å². The Hall–Kier alpha value is -3.88. The summed E-state index contributed by atoms with van der Waals surface area (Å²) < 4.78 is 10.4. The Morgan fingerprint density at radius 1 is 0.778 bits per heavy atom. The minimum absolute atomic E-state index is 0.00911. The molecule has 1 amide bonds. The lowest BCUT2D eigenvalue weighted by molar-refractivity contribution is -0.157. The van der Waals surface area contributed by atoms with Crippen LogP contribution in [0.3, 0.4) is 0 Å². The Balaban J connectivity index is 1.93. The number of ether oxygens (including phenoxy) is 2. The monoisotopic (exact) mass is 529 g/mol. The van der Waals surface area contributed by atoms with Crippen molar-refractivity contribution in [1.82, 2.24) is 0 Å². The van der Waals surface area contributed by atoms with Crippen molar-refractivity contribution in [3.63, 3.8) is 0 Å². The fraction of sp³-hybridized carbons (Fsp3) is 0.154. The van der Waals surface area contributed by atoms with Crippen molar-refractivity contribution in [3.8, 4) is 0 Å². The van der Waals surface area contributed by atoms with Gasteiger partial charge in [-0.25, -0.2) is 14.4 Å². The summed E-state index contributed by atoms with van der Waals surface area (Å²) in [6, 6.07) is 17.9. The van der Waals surface area contributed by atoms with E-state index in [1.165, 1.54) is 48.5 Å². The highest BCUT2D eigenvalue weighted by molar-refractivity contribution is 6.31. The first kappa shape index (κ1) is 26.7. The van der Waals surface area contributed by atoms with Gasteiger partial charge in [-0.1, -0.05) is 48.3 Å². The van der Waals surface area contributed by atoms with Gasteiger partial charge in [0.05, 0.1) is 11.1 Å². The van der Waals surface area contributed by atoms with Gasteiger partial charge >= 0.3 is 17.9 Å². The average molecular weight is 530 g/mol. The van der Waals surface area contributed by atoms with Crippen LogP contribution in [-0.4, -0.2) is 41.1 Å². The summed E-state index contributed by atoms with van der Waals surface area (Å²) in [4.78, 5) is 50.8. The Kier molecular flexibility index (Phi) is 9.05. The zero-order chi connectivity index (χ0) is 26.2. The molecule has 3 aromatic rings. The van der Waals surface area contributed by atoms with Crippen LogP contribution < -0.4 is 5.32 Å². The summed E-state index contributed by atoms with van der Waals surface area (Å²) in [6.07, 6.45) is -3.61. The number of para-hydroxylation sites is 1. The van der Waals surface area contributed by atoms with Crippen molar-refractivity contribution >= 4 is 52.7 Å². The number of carbonyl (C=O) groups is 4. The lowest BCUT2D eigenvalue weighted by atomic mass is 10.1. The second kappa shape index (κ2) is 12.2. The molecular formula is C26H21Cl2NO7. The van der Waals surface area contributed by atoms with Crippen LogP contribution >= 0.6 is 23.2 Å². The Morgan fingerprint density at radius 2 is 1.25 bits per heavy atom. The van der Waals surface area contributed by atoms with Crippen LogP contribution in [0.15, 0.2) is 72.8 Å². The number of esters is 2. The normalized spacial score (nSPS) is 12.2. The molecule has 0 aliphatic carbocycles. The molecule has 3 rings (SSSR count). The third kappa shape index (κ3) is 6.84. The number of nitrogens with one attached hydrogen (secondary N) is 1. The van der Waals surface area contributed by atoms with Crippen molar-refractivity contribution in [2.24, 2.45) is 0 Å². The first-order chi connectivity index (χ1) is 17.2. The average Bonchev–Trinajstić information content (AvgIpc) is 2.86. The number of hydrogen-bond donors (Lipinski definition) is 2. The Labute approximate surface area is 216 Å². The van der Waals surface area contributed by atoms with Gasteiger partial charge in [0.15, 0.2) is 0 Å². The van der Waals surface area contributed by atoms with Gasteiger partial charge in [-0.3, -0.25) is 4.79 Å². The summed E-state index contributed by atoms with van der Waals surface area (Å²) in [6.45, 7) is 1.87. The topological polar surface area (TPSA) is 119 Å². The SMILES string of the molecule is CCc1ccccc1NC(=O)[C@H](OC(=O)c1ccc(Cl)cc1)[C@H](OC(=O)c1ccc(Cl)cc1)C(=O)O. The van der Waals surface area contributed by atoms with E-state index >= 15 is 0 Å². The van der Waals surface area contributed by atoms with E-state index in [2.05, 4.69) is 5.32 Å². The minimum Gasteiger partial charge on any atom is -0.478 e. The third-order valence-electron chi connectivity index (χ3n) is 5.06. The maximum Gasteiger partial charge on any atom is 0.349 e. The molecular weight excluding hydrogens is 509 g/mol. The summed E-state index contributed by atoms with van der Waals surface area (Å²) in [5, 5.41) is 13.1. The first-order valence-corrected chi connectivity index (χ1v) is 11.5. The highest BCUT2D eigenvalue weighted by Crippen LogP contribution is 2.20. The number of aliphatic carboxylic acids is 1. The molecule has 0 unspecified atom stereocenters. The molecule has 0 fully saturated rings. The molecule has 186 valence electrons.